The van der Waals surface area contributed by atoms with Gasteiger partial charge in [-0.05, 0) is 12.0 Å². The van der Waals surface area contributed by atoms with Gasteiger partial charge in [-0.15, -0.1) is 0 Å². The number of anilines is 1. The van der Waals surface area contributed by atoms with Crippen molar-refractivity contribution in [2.75, 3.05) is 19.0 Å². The number of ether oxygens (including phenoxy) is 1. The lowest BCUT2D eigenvalue weighted by molar-refractivity contribution is 0.0587. The van der Waals surface area contributed by atoms with Gasteiger partial charge < -0.3 is 15.2 Å². The predicted molar refractivity (Wildman–Crippen MR) is 62.7 cm³/mol. The molecule has 1 unspecified atom stereocenters. The topological polar surface area (TPSA) is 84.3 Å². The Hall–Kier alpha value is -1.69. The Kier molecular flexibility index (Phi) is 4.84. The minimum atomic E-state index is -0.585. The van der Waals surface area contributed by atoms with Crippen LogP contribution in [0.4, 0.5) is 5.82 Å². The molecule has 6 heteroatoms. The van der Waals surface area contributed by atoms with Gasteiger partial charge in [0.15, 0.2) is 0 Å². The average Bonchev–Trinajstić information content (AvgIpc) is 2.35. The minimum Gasteiger partial charge on any atom is -0.463 e. The van der Waals surface area contributed by atoms with Crippen molar-refractivity contribution < 1.29 is 14.6 Å². The summed E-state index contributed by atoms with van der Waals surface area (Å²) in [6.07, 6.45) is 0.995. The number of rotatable bonds is 5. The van der Waals surface area contributed by atoms with Gasteiger partial charge >= 0.3 is 5.97 Å². The lowest BCUT2D eigenvalue weighted by atomic mass is 10.1. The molecule has 1 rings (SSSR count). The monoisotopic (exact) mass is 239 g/mol. The fourth-order valence-electron chi connectivity index (χ4n) is 1.09. The third-order valence-corrected chi connectivity index (χ3v) is 2.29. The van der Waals surface area contributed by atoms with E-state index >= 15 is 0 Å². The van der Waals surface area contributed by atoms with Gasteiger partial charge in [-0.3, -0.25) is 0 Å². The van der Waals surface area contributed by atoms with Crippen LogP contribution in [0, 0.1) is 5.92 Å². The highest BCUT2D eigenvalue weighted by Gasteiger charge is 2.11. The Morgan fingerprint density at radius 1 is 1.59 bits per heavy atom. The van der Waals surface area contributed by atoms with E-state index in [0.717, 1.165) is 0 Å². The van der Waals surface area contributed by atoms with E-state index in [4.69, 9.17) is 0 Å². The molecule has 0 spiro atoms. The standard InChI is InChI=1S/C11H17N3O3/c1-7(2)8(15)6-13-9-4-5-12-10(14-9)11(16)17-3/h4-5,7-8,15H,6H2,1-3H3,(H,12,13,14). The van der Waals surface area contributed by atoms with Crippen LogP contribution in [0.2, 0.25) is 0 Å². The molecule has 2 N–H and O–H groups in total. The predicted octanol–water partition coefficient (Wildman–Crippen LogP) is 0.692. The van der Waals surface area contributed by atoms with Crippen LogP contribution in [0.3, 0.4) is 0 Å². The number of aliphatic hydroxyl groups excluding tert-OH is 1. The number of aliphatic hydroxyl groups is 1. The first-order chi connectivity index (χ1) is 8.04. The van der Waals surface area contributed by atoms with Crippen LogP contribution in [0.1, 0.15) is 24.5 Å². The molecule has 94 valence electrons. The minimum absolute atomic E-state index is 0.00321. The fraction of sp³-hybridized carbons (Fsp3) is 0.545. The Morgan fingerprint density at radius 2 is 2.29 bits per heavy atom. The van der Waals surface area contributed by atoms with Crippen LogP contribution >= 0.6 is 0 Å². The van der Waals surface area contributed by atoms with Crippen LogP contribution in [0.5, 0.6) is 0 Å². The number of esters is 1. The number of carbonyl (C=O) groups excluding carboxylic acids is 1. The summed E-state index contributed by atoms with van der Waals surface area (Å²) in [5.41, 5.74) is 0. The van der Waals surface area contributed by atoms with E-state index in [1.807, 2.05) is 13.8 Å². The summed E-state index contributed by atoms with van der Waals surface area (Å²) in [7, 11) is 1.27. The molecule has 0 fully saturated rings. The molecule has 0 saturated heterocycles. The third-order valence-electron chi connectivity index (χ3n) is 2.29. The first kappa shape index (κ1) is 13.4. The molecule has 0 aliphatic rings. The van der Waals surface area contributed by atoms with Crippen molar-refractivity contribution in [2.45, 2.75) is 20.0 Å². The number of hydrogen-bond acceptors (Lipinski definition) is 6. The molecular formula is C11H17N3O3. The van der Waals surface area contributed by atoms with E-state index < -0.39 is 12.1 Å². The number of methoxy groups -OCH3 is 1. The van der Waals surface area contributed by atoms with Crippen LogP contribution in [-0.4, -0.2) is 40.8 Å². The highest BCUT2D eigenvalue weighted by Crippen LogP contribution is 2.06. The molecule has 0 aliphatic carbocycles. The van der Waals surface area contributed by atoms with E-state index in [2.05, 4.69) is 20.0 Å². The maximum absolute atomic E-state index is 11.2. The molecule has 0 saturated carbocycles. The van der Waals surface area contributed by atoms with Crippen molar-refractivity contribution in [1.82, 2.24) is 9.97 Å². The zero-order valence-corrected chi connectivity index (χ0v) is 10.2. The Morgan fingerprint density at radius 3 is 2.88 bits per heavy atom. The summed E-state index contributed by atoms with van der Waals surface area (Å²) < 4.78 is 4.51. The molecule has 1 atom stereocenters. The van der Waals surface area contributed by atoms with Crippen LogP contribution in [0.15, 0.2) is 12.3 Å². The zero-order chi connectivity index (χ0) is 12.8. The number of carbonyl (C=O) groups is 1. The Bertz CT molecular complexity index is 382. The van der Waals surface area contributed by atoms with Crippen LogP contribution < -0.4 is 5.32 Å². The molecular weight excluding hydrogens is 222 g/mol. The van der Waals surface area contributed by atoms with E-state index in [0.29, 0.717) is 12.4 Å². The molecule has 1 heterocycles. The molecule has 0 bridgehead atoms. The van der Waals surface area contributed by atoms with E-state index in [9.17, 15) is 9.90 Å². The third kappa shape index (κ3) is 3.99. The van der Waals surface area contributed by atoms with Crippen LogP contribution in [0.25, 0.3) is 0 Å². The van der Waals surface area contributed by atoms with E-state index in [1.54, 1.807) is 6.07 Å². The molecule has 1 aromatic rings. The Balaban J connectivity index is 2.63. The number of hydrogen-bond donors (Lipinski definition) is 2. The van der Waals surface area contributed by atoms with Crippen molar-refractivity contribution in [3.63, 3.8) is 0 Å². The van der Waals surface area contributed by atoms with Crippen molar-refractivity contribution in [3.8, 4) is 0 Å². The largest absolute Gasteiger partial charge is 0.463 e. The van der Waals surface area contributed by atoms with Gasteiger partial charge in [0.25, 0.3) is 0 Å². The zero-order valence-electron chi connectivity index (χ0n) is 10.2. The van der Waals surface area contributed by atoms with Gasteiger partial charge in [0.05, 0.1) is 13.2 Å². The van der Waals surface area contributed by atoms with E-state index in [-0.39, 0.29) is 11.7 Å². The lowest BCUT2D eigenvalue weighted by Gasteiger charge is -2.15. The van der Waals surface area contributed by atoms with E-state index in [1.165, 1.54) is 13.3 Å². The molecule has 17 heavy (non-hydrogen) atoms. The van der Waals surface area contributed by atoms with Crippen molar-refractivity contribution >= 4 is 11.8 Å². The molecule has 0 aromatic carbocycles. The second-order valence-corrected chi connectivity index (χ2v) is 3.95. The fourth-order valence-corrected chi connectivity index (χ4v) is 1.09. The van der Waals surface area contributed by atoms with Gasteiger partial charge in [0.1, 0.15) is 5.82 Å². The summed E-state index contributed by atoms with van der Waals surface area (Å²) >= 11 is 0. The highest BCUT2D eigenvalue weighted by molar-refractivity contribution is 5.85. The van der Waals surface area contributed by atoms with Crippen molar-refractivity contribution in [1.29, 1.82) is 0 Å². The van der Waals surface area contributed by atoms with Gasteiger partial charge in [0.2, 0.25) is 5.82 Å². The van der Waals surface area contributed by atoms with Crippen molar-refractivity contribution in [3.05, 3.63) is 18.1 Å². The van der Waals surface area contributed by atoms with Crippen molar-refractivity contribution in [2.24, 2.45) is 5.92 Å². The number of aromatic nitrogens is 2. The molecule has 0 amide bonds. The van der Waals surface area contributed by atoms with Crippen LogP contribution in [-0.2, 0) is 4.74 Å². The summed E-state index contributed by atoms with van der Waals surface area (Å²) in [4.78, 5) is 18.9. The highest BCUT2D eigenvalue weighted by atomic mass is 16.5. The lowest BCUT2D eigenvalue weighted by Crippen LogP contribution is -2.25. The average molecular weight is 239 g/mol. The summed E-state index contributed by atoms with van der Waals surface area (Å²) in [5.74, 6) is 0.0547. The summed E-state index contributed by atoms with van der Waals surface area (Å²) in [6.45, 7) is 4.22. The molecule has 6 nitrogen and oxygen atoms in total. The normalized spacial score (nSPS) is 12.3. The van der Waals surface area contributed by atoms with Gasteiger partial charge in [-0.25, -0.2) is 14.8 Å². The molecule has 0 aliphatic heterocycles. The second kappa shape index (κ2) is 6.15. The smallest absolute Gasteiger partial charge is 0.376 e. The quantitative estimate of drug-likeness (QED) is 0.735. The van der Waals surface area contributed by atoms with Gasteiger partial charge in [0, 0.05) is 12.7 Å². The summed E-state index contributed by atoms with van der Waals surface area (Å²) in [5, 5.41) is 12.6. The maximum Gasteiger partial charge on any atom is 0.376 e. The van der Waals surface area contributed by atoms with Gasteiger partial charge in [-0.1, -0.05) is 13.8 Å². The molecule has 0 radical (unpaired) electrons. The number of nitrogens with one attached hydrogen (secondary N) is 1. The number of nitrogens with zero attached hydrogens (tertiary/aromatic N) is 2. The Labute approximate surface area is 100 Å². The first-order valence-corrected chi connectivity index (χ1v) is 5.38. The maximum atomic E-state index is 11.2. The van der Waals surface area contributed by atoms with Gasteiger partial charge in [-0.2, -0.15) is 0 Å². The molecule has 1 aromatic heterocycles. The second-order valence-electron chi connectivity index (χ2n) is 3.95. The SMILES string of the molecule is COC(=O)c1nccc(NCC(O)C(C)C)n1. The summed E-state index contributed by atoms with van der Waals surface area (Å²) in [6, 6.07) is 1.62. The first-order valence-electron chi connectivity index (χ1n) is 5.38.